The molecule has 8 heteroatoms. The molecule has 156 valence electrons. The Balaban J connectivity index is 2.37. The predicted molar refractivity (Wildman–Crippen MR) is 113 cm³/mol. The Kier molecular flexibility index (Phi) is 6.79. The maximum atomic E-state index is 12.9. The molecule has 1 N–H and O–H groups in total. The Morgan fingerprint density at radius 2 is 1.41 bits per heavy atom. The van der Waals surface area contributed by atoms with Gasteiger partial charge in [0.15, 0.2) is 9.84 Å². The normalized spacial score (nSPS) is 12.8. The molecule has 2 rings (SSSR count). The van der Waals surface area contributed by atoms with Crippen molar-refractivity contribution >= 4 is 27.1 Å². The molecule has 0 aromatic heterocycles. The number of sulfone groups is 1. The van der Waals surface area contributed by atoms with Crippen LogP contribution in [0.1, 0.15) is 57.6 Å². The fraction of sp³-hybridized carbons (Fsp3) is 0.381. The van der Waals surface area contributed by atoms with Gasteiger partial charge in [-0.05, 0) is 42.0 Å². The lowest BCUT2D eigenvalue weighted by molar-refractivity contribution is -0.384. The summed E-state index contributed by atoms with van der Waals surface area (Å²) in [5.74, 6) is -0.352. The number of carbonyl (C=O) groups is 1. The number of hydrogen-bond donors (Lipinski definition) is 1. The number of rotatable bonds is 7. The summed E-state index contributed by atoms with van der Waals surface area (Å²) in [6.07, 6.45) is 0. The summed E-state index contributed by atoms with van der Waals surface area (Å²) in [7, 11) is -4.00. The molecule has 7 nitrogen and oxygen atoms in total. The molecule has 0 aliphatic rings. The van der Waals surface area contributed by atoms with Crippen LogP contribution in [0.25, 0.3) is 0 Å². The number of nitrogens with one attached hydrogen (secondary N) is 1. The van der Waals surface area contributed by atoms with Gasteiger partial charge in [0.25, 0.3) is 5.69 Å². The number of anilines is 1. The maximum Gasteiger partial charge on any atom is 0.269 e. The van der Waals surface area contributed by atoms with Crippen LogP contribution in [-0.4, -0.2) is 24.5 Å². The quantitative estimate of drug-likeness (QED) is 0.521. The van der Waals surface area contributed by atoms with E-state index in [1.807, 2.05) is 45.9 Å². The fourth-order valence-corrected chi connectivity index (χ4v) is 4.29. The summed E-state index contributed by atoms with van der Waals surface area (Å²) in [5.41, 5.74) is 2.30. The van der Waals surface area contributed by atoms with Crippen LogP contribution in [0.4, 0.5) is 11.4 Å². The summed E-state index contributed by atoms with van der Waals surface area (Å²) in [4.78, 5) is 22.9. The molecule has 2 aromatic carbocycles. The fourth-order valence-electron chi connectivity index (χ4n) is 3.02. The van der Waals surface area contributed by atoms with Gasteiger partial charge in [-0.3, -0.25) is 14.9 Å². The monoisotopic (exact) mass is 418 g/mol. The van der Waals surface area contributed by atoms with Crippen molar-refractivity contribution in [1.29, 1.82) is 0 Å². The van der Waals surface area contributed by atoms with Crippen LogP contribution < -0.4 is 5.32 Å². The van der Waals surface area contributed by atoms with Crippen LogP contribution in [0, 0.1) is 10.1 Å². The maximum absolute atomic E-state index is 12.9. The zero-order valence-corrected chi connectivity index (χ0v) is 18.0. The van der Waals surface area contributed by atoms with Crippen LogP contribution >= 0.6 is 0 Å². The molecule has 0 spiro atoms. The first-order valence-electron chi connectivity index (χ1n) is 9.38. The molecule has 0 heterocycles. The van der Waals surface area contributed by atoms with Crippen molar-refractivity contribution in [2.45, 2.75) is 56.6 Å². The van der Waals surface area contributed by atoms with Crippen LogP contribution in [-0.2, 0) is 14.6 Å². The van der Waals surface area contributed by atoms with Gasteiger partial charge in [-0.25, -0.2) is 8.42 Å². The Labute approximate surface area is 171 Å². The number of nitrogens with zero attached hydrogens (tertiary/aromatic N) is 1. The topological polar surface area (TPSA) is 106 Å². The van der Waals surface area contributed by atoms with Gasteiger partial charge >= 0.3 is 0 Å². The third-order valence-electron chi connectivity index (χ3n) is 4.83. The van der Waals surface area contributed by atoms with E-state index in [4.69, 9.17) is 0 Å². The molecule has 0 aliphatic heterocycles. The third kappa shape index (κ3) is 4.82. The van der Waals surface area contributed by atoms with Crippen LogP contribution in [0.5, 0.6) is 0 Å². The molecule has 1 atom stereocenters. The van der Waals surface area contributed by atoms with E-state index in [1.165, 1.54) is 6.92 Å². The number of amides is 1. The molecule has 29 heavy (non-hydrogen) atoms. The number of nitro groups is 1. The molecule has 0 unspecified atom stereocenters. The number of nitro benzene ring substituents is 1. The van der Waals surface area contributed by atoms with E-state index in [2.05, 4.69) is 5.32 Å². The largest absolute Gasteiger partial charge is 0.324 e. The summed E-state index contributed by atoms with van der Waals surface area (Å²) in [6, 6.07) is 10.3. The summed E-state index contributed by atoms with van der Waals surface area (Å²) in [6.45, 7) is 9.34. The van der Waals surface area contributed by atoms with Gasteiger partial charge in [0.2, 0.25) is 5.91 Å². The molecular weight excluding hydrogens is 392 g/mol. The summed E-state index contributed by atoms with van der Waals surface area (Å²) >= 11 is 0. The molecular formula is C21H26N2O5S. The first kappa shape index (κ1) is 22.5. The minimum Gasteiger partial charge on any atom is -0.324 e. The van der Waals surface area contributed by atoms with E-state index in [0.717, 1.165) is 35.4 Å². The number of benzene rings is 2. The molecule has 0 radical (unpaired) electrons. The molecule has 0 bridgehead atoms. The second-order valence-corrected chi connectivity index (χ2v) is 9.82. The van der Waals surface area contributed by atoms with E-state index < -0.39 is 25.9 Å². The lowest BCUT2D eigenvalue weighted by Crippen LogP contribution is -2.33. The van der Waals surface area contributed by atoms with Crippen LogP contribution in [0.2, 0.25) is 0 Å². The lowest BCUT2D eigenvalue weighted by atomic mass is 9.92. The standard InChI is InChI=1S/C21H26N2O5S/c1-13(2)18-7-6-8-19(14(3)4)20(18)22-21(24)15(5)29(27,28)17-11-9-16(10-12-17)23(25)26/h6-15H,1-5H3,(H,22,24)/t15-/m1/s1. The lowest BCUT2D eigenvalue weighted by Gasteiger charge is -2.21. The smallest absolute Gasteiger partial charge is 0.269 e. The van der Waals surface area contributed by atoms with Gasteiger partial charge in [0.1, 0.15) is 5.25 Å². The molecule has 0 saturated heterocycles. The zero-order chi connectivity index (χ0) is 21.9. The number of hydrogen-bond acceptors (Lipinski definition) is 5. The minimum atomic E-state index is -4.00. The van der Waals surface area contributed by atoms with Gasteiger partial charge in [-0.1, -0.05) is 45.9 Å². The molecule has 2 aromatic rings. The van der Waals surface area contributed by atoms with E-state index in [-0.39, 0.29) is 22.4 Å². The average molecular weight is 419 g/mol. The van der Waals surface area contributed by atoms with E-state index >= 15 is 0 Å². The third-order valence-corrected chi connectivity index (χ3v) is 6.91. The van der Waals surface area contributed by atoms with Gasteiger partial charge in [0.05, 0.1) is 9.82 Å². The van der Waals surface area contributed by atoms with E-state index in [9.17, 15) is 23.3 Å². The van der Waals surface area contributed by atoms with Gasteiger partial charge in [0, 0.05) is 17.8 Å². The molecule has 0 saturated carbocycles. The second-order valence-electron chi connectivity index (χ2n) is 7.55. The first-order valence-corrected chi connectivity index (χ1v) is 10.9. The van der Waals surface area contributed by atoms with Crippen LogP contribution in [0.15, 0.2) is 47.4 Å². The Morgan fingerprint density at radius 1 is 0.931 bits per heavy atom. The number of carbonyl (C=O) groups excluding carboxylic acids is 1. The highest BCUT2D eigenvalue weighted by molar-refractivity contribution is 7.92. The highest BCUT2D eigenvalue weighted by Gasteiger charge is 2.31. The van der Waals surface area contributed by atoms with Crippen molar-refractivity contribution in [3.63, 3.8) is 0 Å². The van der Waals surface area contributed by atoms with Gasteiger partial charge in [-0.2, -0.15) is 0 Å². The van der Waals surface area contributed by atoms with Crippen molar-refractivity contribution in [2.75, 3.05) is 5.32 Å². The van der Waals surface area contributed by atoms with E-state index in [0.29, 0.717) is 5.69 Å². The van der Waals surface area contributed by atoms with Crippen molar-refractivity contribution in [3.8, 4) is 0 Å². The predicted octanol–water partition coefficient (Wildman–Crippen LogP) is 4.64. The summed E-state index contributed by atoms with van der Waals surface area (Å²) in [5, 5.41) is 12.2. The van der Waals surface area contributed by atoms with Crippen molar-refractivity contribution in [2.24, 2.45) is 0 Å². The molecule has 0 aliphatic carbocycles. The molecule has 1 amide bonds. The number of non-ortho nitro benzene ring substituents is 1. The molecule has 0 fully saturated rings. The minimum absolute atomic E-state index is 0.132. The van der Waals surface area contributed by atoms with Gasteiger partial charge in [-0.15, -0.1) is 0 Å². The zero-order valence-electron chi connectivity index (χ0n) is 17.2. The van der Waals surface area contributed by atoms with Crippen molar-refractivity contribution < 1.29 is 18.1 Å². The Morgan fingerprint density at radius 3 is 1.83 bits per heavy atom. The SMILES string of the molecule is CC(C)c1cccc(C(C)C)c1NC(=O)[C@@H](C)S(=O)(=O)c1ccc([N+](=O)[O-])cc1. The highest BCUT2D eigenvalue weighted by atomic mass is 32.2. The Hall–Kier alpha value is -2.74. The van der Waals surface area contributed by atoms with Crippen molar-refractivity contribution in [3.05, 3.63) is 63.7 Å². The second kappa shape index (κ2) is 8.73. The van der Waals surface area contributed by atoms with E-state index in [1.54, 1.807) is 0 Å². The highest BCUT2D eigenvalue weighted by Crippen LogP contribution is 2.33. The Bertz CT molecular complexity index is 986. The van der Waals surface area contributed by atoms with Gasteiger partial charge < -0.3 is 5.32 Å². The average Bonchev–Trinajstić information content (AvgIpc) is 2.67. The van der Waals surface area contributed by atoms with Crippen LogP contribution in [0.3, 0.4) is 0 Å². The van der Waals surface area contributed by atoms with Crippen molar-refractivity contribution in [1.82, 2.24) is 0 Å². The first-order chi connectivity index (χ1) is 13.5. The number of para-hydroxylation sites is 1. The summed E-state index contributed by atoms with van der Waals surface area (Å²) < 4.78 is 25.7.